The Hall–Kier alpha value is -1.30. The van der Waals surface area contributed by atoms with Crippen molar-refractivity contribution in [2.75, 3.05) is 26.7 Å². The second-order valence-electron chi connectivity index (χ2n) is 9.26. The molecule has 3 rings (SSSR count). The largest absolute Gasteiger partial charge is 0.377 e. The molecule has 0 radical (unpaired) electrons. The number of carbonyl (C=O) groups excluding carboxylic acids is 1. The Labute approximate surface area is 158 Å². The molecule has 1 heterocycles. The molecule has 3 aliphatic rings. The molecular weight excluding hydrogens is 328 g/mol. The lowest BCUT2D eigenvalue weighted by atomic mass is 9.54. The SMILES string of the molecule is CCN=C(NC1C2CCOC2C12CCCC2)N(C)CC(=O)NC(C)(C)C. The van der Waals surface area contributed by atoms with Gasteiger partial charge in [0.2, 0.25) is 5.91 Å². The minimum atomic E-state index is -0.219. The number of amides is 1. The van der Waals surface area contributed by atoms with Gasteiger partial charge in [0, 0.05) is 43.1 Å². The summed E-state index contributed by atoms with van der Waals surface area (Å²) in [5.74, 6) is 1.46. The molecule has 1 saturated heterocycles. The summed E-state index contributed by atoms with van der Waals surface area (Å²) >= 11 is 0. The molecule has 0 aromatic rings. The van der Waals surface area contributed by atoms with Crippen LogP contribution in [0.1, 0.15) is 59.8 Å². The number of ether oxygens (including phenoxy) is 1. The van der Waals surface area contributed by atoms with Crippen molar-refractivity contribution in [2.45, 2.75) is 77.5 Å². The van der Waals surface area contributed by atoms with Gasteiger partial charge in [0.15, 0.2) is 5.96 Å². The van der Waals surface area contributed by atoms with Crippen molar-refractivity contribution >= 4 is 11.9 Å². The van der Waals surface area contributed by atoms with Crippen molar-refractivity contribution < 1.29 is 9.53 Å². The highest BCUT2D eigenvalue weighted by atomic mass is 16.5. The Morgan fingerprint density at radius 2 is 2.00 bits per heavy atom. The number of rotatable bonds is 4. The molecule has 26 heavy (non-hydrogen) atoms. The zero-order valence-corrected chi connectivity index (χ0v) is 17.1. The third kappa shape index (κ3) is 3.71. The molecule has 0 aromatic carbocycles. The number of nitrogens with zero attached hydrogens (tertiary/aromatic N) is 2. The molecule has 148 valence electrons. The first-order valence-corrected chi connectivity index (χ1v) is 10.2. The molecule has 2 N–H and O–H groups in total. The second-order valence-corrected chi connectivity index (χ2v) is 9.26. The first-order valence-electron chi connectivity index (χ1n) is 10.2. The van der Waals surface area contributed by atoms with Crippen LogP contribution >= 0.6 is 0 Å². The summed E-state index contributed by atoms with van der Waals surface area (Å²) in [4.78, 5) is 19.0. The molecule has 2 saturated carbocycles. The predicted octanol–water partition coefficient (Wildman–Crippen LogP) is 2.15. The van der Waals surface area contributed by atoms with E-state index in [1.807, 2.05) is 39.6 Å². The van der Waals surface area contributed by atoms with Crippen LogP contribution in [0.4, 0.5) is 0 Å². The number of hydrogen-bond donors (Lipinski definition) is 2. The number of likely N-dealkylation sites (N-methyl/N-ethyl adjacent to an activating group) is 1. The molecule has 3 fully saturated rings. The molecule has 6 heteroatoms. The van der Waals surface area contributed by atoms with Gasteiger partial charge < -0.3 is 20.3 Å². The van der Waals surface area contributed by atoms with Crippen LogP contribution in [0.15, 0.2) is 4.99 Å². The van der Waals surface area contributed by atoms with Crippen LogP contribution in [-0.2, 0) is 9.53 Å². The fourth-order valence-corrected chi connectivity index (χ4v) is 5.22. The summed E-state index contributed by atoms with van der Waals surface area (Å²) < 4.78 is 6.08. The fourth-order valence-electron chi connectivity index (χ4n) is 5.22. The van der Waals surface area contributed by atoms with Gasteiger partial charge in [-0.05, 0) is 47.0 Å². The van der Waals surface area contributed by atoms with E-state index in [1.165, 1.54) is 25.7 Å². The number of fused-ring (bicyclic) bond motifs is 2. The summed E-state index contributed by atoms with van der Waals surface area (Å²) in [6.07, 6.45) is 6.67. The van der Waals surface area contributed by atoms with Crippen LogP contribution in [0.2, 0.25) is 0 Å². The van der Waals surface area contributed by atoms with Crippen molar-refractivity contribution in [1.29, 1.82) is 0 Å². The lowest BCUT2D eigenvalue weighted by molar-refractivity contribution is -0.126. The maximum Gasteiger partial charge on any atom is 0.240 e. The maximum atomic E-state index is 12.3. The highest BCUT2D eigenvalue weighted by Gasteiger charge is 2.65. The van der Waals surface area contributed by atoms with E-state index in [1.54, 1.807) is 0 Å². The fraction of sp³-hybridized carbons (Fsp3) is 0.900. The Morgan fingerprint density at radius 3 is 2.62 bits per heavy atom. The van der Waals surface area contributed by atoms with E-state index in [4.69, 9.17) is 4.74 Å². The maximum absolute atomic E-state index is 12.3. The topological polar surface area (TPSA) is 66.0 Å². The van der Waals surface area contributed by atoms with Gasteiger partial charge in [-0.3, -0.25) is 9.79 Å². The van der Waals surface area contributed by atoms with Crippen molar-refractivity contribution in [3.63, 3.8) is 0 Å². The average molecular weight is 365 g/mol. The van der Waals surface area contributed by atoms with Crippen LogP contribution in [0, 0.1) is 11.3 Å². The van der Waals surface area contributed by atoms with Gasteiger partial charge >= 0.3 is 0 Å². The van der Waals surface area contributed by atoms with E-state index in [9.17, 15) is 4.79 Å². The summed E-state index contributed by atoms with van der Waals surface area (Å²) in [5, 5.41) is 6.77. The number of guanidine groups is 1. The molecule has 3 unspecified atom stereocenters. The van der Waals surface area contributed by atoms with Gasteiger partial charge in [-0.15, -0.1) is 0 Å². The lowest BCUT2D eigenvalue weighted by Crippen LogP contribution is -2.69. The zero-order chi connectivity index (χ0) is 18.9. The standard InChI is InChI=1S/C20H36N4O2/c1-6-21-18(24(5)13-15(25)23-19(2,3)4)22-16-14-9-12-26-17(14)20(16)10-7-8-11-20/h14,16-17H,6-13H2,1-5H3,(H,21,22)(H,23,25). The highest BCUT2D eigenvalue weighted by molar-refractivity contribution is 5.87. The summed E-state index contributed by atoms with van der Waals surface area (Å²) in [5.41, 5.74) is 0.0634. The Balaban J connectivity index is 1.66. The summed E-state index contributed by atoms with van der Waals surface area (Å²) in [6.45, 7) is 9.96. The van der Waals surface area contributed by atoms with E-state index < -0.39 is 0 Å². The quantitative estimate of drug-likeness (QED) is 0.593. The van der Waals surface area contributed by atoms with Crippen LogP contribution in [-0.4, -0.2) is 61.2 Å². The Morgan fingerprint density at radius 1 is 1.31 bits per heavy atom. The van der Waals surface area contributed by atoms with Gasteiger partial charge in [0.1, 0.15) is 0 Å². The minimum absolute atomic E-state index is 0.0249. The summed E-state index contributed by atoms with van der Waals surface area (Å²) in [7, 11) is 1.95. The van der Waals surface area contributed by atoms with E-state index in [0.717, 1.165) is 19.0 Å². The van der Waals surface area contributed by atoms with E-state index in [2.05, 4.69) is 15.6 Å². The van der Waals surface area contributed by atoms with E-state index in [0.29, 0.717) is 31.2 Å². The number of aliphatic imine (C=N–C) groups is 1. The van der Waals surface area contributed by atoms with E-state index in [-0.39, 0.29) is 16.9 Å². The molecule has 3 atom stereocenters. The third-order valence-electron chi connectivity index (χ3n) is 6.14. The van der Waals surface area contributed by atoms with Crippen LogP contribution in [0.3, 0.4) is 0 Å². The van der Waals surface area contributed by atoms with Crippen LogP contribution in [0.5, 0.6) is 0 Å². The van der Waals surface area contributed by atoms with Gasteiger partial charge in [0.05, 0.1) is 12.6 Å². The third-order valence-corrected chi connectivity index (χ3v) is 6.14. The normalized spacial score (nSPS) is 30.0. The van der Waals surface area contributed by atoms with Gasteiger partial charge in [-0.1, -0.05) is 12.8 Å². The molecule has 1 aliphatic heterocycles. The van der Waals surface area contributed by atoms with Crippen molar-refractivity contribution in [1.82, 2.24) is 15.5 Å². The van der Waals surface area contributed by atoms with Gasteiger partial charge in [0.25, 0.3) is 0 Å². The molecule has 1 amide bonds. The number of nitrogens with one attached hydrogen (secondary N) is 2. The second kappa shape index (κ2) is 7.37. The zero-order valence-electron chi connectivity index (χ0n) is 17.1. The lowest BCUT2D eigenvalue weighted by Gasteiger charge is -2.57. The van der Waals surface area contributed by atoms with Gasteiger partial charge in [-0.25, -0.2) is 0 Å². The molecule has 0 aromatic heterocycles. The molecule has 2 aliphatic carbocycles. The van der Waals surface area contributed by atoms with Crippen LogP contribution < -0.4 is 10.6 Å². The van der Waals surface area contributed by atoms with Crippen molar-refractivity contribution in [2.24, 2.45) is 16.3 Å². The van der Waals surface area contributed by atoms with Crippen molar-refractivity contribution in [3.05, 3.63) is 0 Å². The van der Waals surface area contributed by atoms with Crippen molar-refractivity contribution in [3.8, 4) is 0 Å². The number of carbonyl (C=O) groups is 1. The summed E-state index contributed by atoms with van der Waals surface area (Å²) in [6, 6.07) is 0.427. The minimum Gasteiger partial charge on any atom is -0.377 e. The number of hydrogen-bond acceptors (Lipinski definition) is 3. The van der Waals surface area contributed by atoms with Crippen LogP contribution in [0.25, 0.3) is 0 Å². The smallest absolute Gasteiger partial charge is 0.240 e. The predicted molar refractivity (Wildman–Crippen MR) is 104 cm³/mol. The first kappa shape index (κ1) is 19.5. The molecule has 0 bridgehead atoms. The average Bonchev–Trinajstić information content (AvgIpc) is 3.17. The van der Waals surface area contributed by atoms with Gasteiger partial charge in [-0.2, -0.15) is 0 Å². The highest BCUT2D eigenvalue weighted by Crippen LogP contribution is 2.60. The first-order chi connectivity index (χ1) is 12.3. The molecule has 1 spiro atoms. The molecule has 6 nitrogen and oxygen atoms in total. The molecular formula is C20H36N4O2. The Bertz CT molecular complexity index is 549. The van der Waals surface area contributed by atoms with E-state index >= 15 is 0 Å². The monoisotopic (exact) mass is 364 g/mol. The Kier molecular flexibility index (Phi) is 5.52.